The van der Waals surface area contributed by atoms with Crippen molar-refractivity contribution in [3.8, 4) is 0 Å². The number of rotatable bonds is 1. The Balaban J connectivity index is 1.76. The Kier molecular flexibility index (Phi) is 2.25. The normalized spacial score (nSPS) is 30.4. The molecule has 0 amide bonds. The van der Waals surface area contributed by atoms with Crippen molar-refractivity contribution >= 4 is 22.6 Å². The summed E-state index contributed by atoms with van der Waals surface area (Å²) in [5.41, 5.74) is 3.29. The molecule has 4 rings (SSSR count). The quantitative estimate of drug-likeness (QED) is 0.807. The molecule has 1 aromatic heterocycles. The second kappa shape index (κ2) is 3.74. The fourth-order valence-electron chi connectivity index (χ4n) is 3.76. The summed E-state index contributed by atoms with van der Waals surface area (Å²) in [5.74, 6) is 3.69. The van der Waals surface area contributed by atoms with Crippen LogP contribution in [0.5, 0.6) is 0 Å². The number of H-pyrrole nitrogens is 1. The highest BCUT2D eigenvalue weighted by atomic mass is 35.5. The molecule has 2 saturated carbocycles. The van der Waals surface area contributed by atoms with Crippen molar-refractivity contribution in [2.24, 2.45) is 11.8 Å². The number of hydrogen-bond donors (Lipinski definition) is 1. The predicted octanol–water partition coefficient (Wildman–Crippen LogP) is 4.43. The number of nitrogens with zero attached hydrogens (tertiary/aromatic N) is 1. The van der Waals surface area contributed by atoms with Crippen LogP contribution >= 0.6 is 11.6 Å². The summed E-state index contributed by atoms with van der Waals surface area (Å²) < 4.78 is 0. The first-order valence-corrected chi connectivity index (χ1v) is 7.28. The zero-order valence-electron chi connectivity index (χ0n) is 10.5. The van der Waals surface area contributed by atoms with Gasteiger partial charge in [-0.25, -0.2) is 4.98 Å². The van der Waals surface area contributed by atoms with Gasteiger partial charge < -0.3 is 4.98 Å². The summed E-state index contributed by atoms with van der Waals surface area (Å²) in [6.45, 7) is 2.05. The van der Waals surface area contributed by atoms with E-state index in [0.717, 1.165) is 33.5 Å². The highest BCUT2D eigenvalue weighted by Crippen LogP contribution is 2.60. The van der Waals surface area contributed by atoms with Crippen molar-refractivity contribution < 1.29 is 0 Å². The number of halogens is 1. The molecular weight excluding hydrogens is 244 g/mol. The van der Waals surface area contributed by atoms with Crippen LogP contribution in [0, 0.1) is 18.8 Å². The molecular formula is C15H17ClN2. The van der Waals surface area contributed by atoms with Crippen molar-refractivity contribution in [3.05, 3.63) is 28.5 Å². The minimum atomic E-state index is 0.693. The van der Waals surface area contributed by atoms with E-state index < -0.39 is 0 Å². The van der Waals surface area contributed by atoms with Gasteiger partial charge in [0.05, 0.1) is 11.0 Å². The van der Waals surface area contributed by atoms with Crippen molar-refractivity contribution in [1.29, 1.82) is 0 Å². The molecule has 2 aliphatic carbocycles. The van der Waals surface area contributed by atoms with Crippen molar-refractivity contribution in [2.45, 2.75) is 38.5 Å². The minimum absolute atomic E-state index is 0.693. The Bertz CT molecular complexity index is 604. The van der Waals surface area contributed by atoms with E-state index in [4.69, 9.17) is 16.6 Å². The topological polar surface area (TPSA) is 28.7 Å². The molecule has 1 N–H and O–H groups in total. The minimum Gasteiger partial charge on any atom is -0.342 e. The molecule has 0 spiro atoms. The summed E-state index contributed by atoms with van der Waals surface area (Å²) in [6, 6.07) is 4.01. The first-order chi connectivity index (χ1) is 8.75. The number of benzene rings is 1. The van der Waals surface area contributed by atoms with Gasteiger partial charge in [-0.05, 0) is 49.3 Å². The van der Waals surface area contributed by atoms with Crippen LogP contribution in [-0.4, -0.2) is 9.97 Å². The average molecular weight is 261 g/mol. The van der Waals surface area contributed by atoms with E-state index in [9.17, 15) is 0 Å². The lowest BCUT2D eigenvalue weighted by molar-refractivity contribution is 0.480. The smallest absolute Gasteiger partial charge is 0.110 e. The second-order valence-electron chi connectivity index (χ2n) is 5.83. The number of aromatic nitrogens is 2. The standard InChI is InChI=1S/C15H17ClN2/c1-8-11(16)6-7-12-14(8)18-15(17-12)13-9-4-2-3-5-10(9)13/h6-7,9-10,13H,2-5H2,1H3,(H,17,18). The van der Waals surface area contributed by atoms with Gasteiger partial charge in [0.2, 0.25) is 0 Å². The molecule has 0 radical (unpaired) electrons. The third-order valence-electron chi connectivity index (χ3n) is 4.83. The number of fused-ring (bicyclic) bond motifs is 2. The molecule has 2 nitrogen and oxygen atoms in total. The Morgan fingerprint density at radius 2 is 1.94 bits per heavy atom. The molecule has 2 aliphatic rings. The van der Waals surface area contributed by atoms with Crippen LogP contribution in [0.1, 0.15) is 43.0 Å². The number of aryl methyl sites for hydroxylation is 1. The van der Waals surface area contributed by atoms with E-state index in [1.807, 2.05) is 12.1 Å². The maximum absolute atomic E-state index is 6.16. The van der Waals surface area contributed by atoms with Crippen LogP contribution in [0.2, 0.25) is 5.02 Å². The van der Waals surface area contributed by atoms with Crippen LogP contribution in [0.15, 0.2) is 12.1 Å². The third kappa shape index (κ3) is 1.45. The number of imidazole rings is 1. The summed E-state index contributed by atoms with van der Waals surface area (Å²) in [5, 5.41) is 0.814. The molecule has 1 aromatic carbocycles. The summed E-state index contributed by atoms with van der Waals surface area (Å²) in [7, 11) is 0. The zero-order chi connectivity index (χ0) is 12.3. The molecule has 0 saturated heterocycles. The van der Waals surface area contributed by atoms with Gasteiger partial charge in [-0.15, -0.1) is 0 Å². The lowest BCUT2D eigenvalue weighted by Gasteiger charge is -2.04. The van der Waals surface area contributed by atoms with E-state index in [1.165, 1.54) is 31.5 Å². The molecule has 2 unspecified atom stereocenters. The van der Waals surface area contributed by atoms with E-state index in [-0.39, 0.29) is 0 Å². The molecule has 94 valence electrons. The third-order valence-corrected chi connectivity index (χ3v) is 5.24. The summed E-state index contributed by atoms with van der Waals surface area (Å²) >= 11 is 6.16. The lowest BCUT2D eigenvalue weighted by atomic mass is 10.0. The monoisotopic (exact) mass is 260 g/mol. The van der Waals surface area contributed by atoms with E-state index in [0.29, 0.717) is 5.92 Å². The van der Waals surface area contributed by atoms with Crippen molar-refractivity contribution in [3.63, 3.8) is 0 Å². The molecule has 2 atom stereocenters. The maximum atomic E-state index is 6.16. The van der Waals surface area contributed by atoms with Crippen molar-refractivity contribution in [2.75, 3.05) is 0 Å². The van der Waals surface area contributed by atoms with Gasteiger partial charge in [0.15, 0.2) is 0 Å². The van der Waals surface area contributed by atoms with Crippen molar-refractivity contribution in [1.82, 2.24) is 9.97 Å². The maximum Gasteiger partial charge on any atom is 0.110 e. The SMILES string of the molecule is Cc1c(Cl)ccc2[nH]c(C3C4CCCCC43)nc12. The van der Waals surface area contributed by atoms with Crippen LogP contribution in [-0.2, 0) is 0 Å². The first kappa shape index (κ1) is 10.9. The molecule has 1 heterocycles. The van der Waals surface area contributed by atoms with Crippen LogP contribution in [0.3, 0.4) is 0 Å². The highest BCUT2D eigenvalue weighted by Gasteiger charge is 2.52. The van der Waals surface area contributed by atoms with Crippen LogP contribution in [0.25, 0.3) is 11.0 Å². The molecule has 3 heteroatoms. The van der Waals surface area contributed by atoms with Gasteiger partial charge in [0.25, 0.3) is 0 Å². The Hall–Kier alpha value is -1.02. The number of nitrogens with one attached hydrogen (secondary N) is 1. The first-order valence-electron chi connectivity index (χ1n) is 6.90. The largest absolute Gasteiger partial charge is 0.342 e. The van der Waals surface area contributed by atoms with Gasteiger partial charge >= 0.3 is 0 Å². The van der Waals surface area contributed by atoms with Crippen LogP contribution in [0.4, 0.5) is 0 Å². The number of aromatic amines is 1. The Morgan fingerprint density at radius 1 is 1.22 bits per heavy atom. The Morgan fingerprint density at radius 3 is 2.67 bits per heavy atom. The molecule has 18 heavy (non-hydrogen) atoms. The summed E-state index contributed by atoms with van der Waals surface area (Å²) in [4.78, 5) is 8.33. The van der Waals surface area contributed by atoms with Gasteiger partial charge in [-0.1, -0.05) is 24.4 Å². The predicted molar refractivity (Wildman–Crippen MR) is 74.0 cm³/mol. The van der Waals surface area contributed by atoms with E-state index in [2.05, 4.69) is 11.9 Å². The fourth-order valence-corrected chi connectivity index (χ4v) is 3.92. The van der Waals surface area contributed by atoms with Crippen LogP contribution < -0.4 is 0 Å². The average Bonchev–Trinajstić information content (AvgIpc) is 2.96. The fraction of sp³-hybridized carbons (Fsp3) is 0.533. The summed E-state index contributed by atoms with van der Waals surface area (Å²) in [6.07, 6.45) is 5.60. The van der Waals surface area contributed by atoms with Gasteiger partial charge in [0.1, 0.15) is 5.82 Å². The highest BCUT2D eigenvalue weighted by molar-refractivity contribution is 6.32. The number of hydrogen-bond acceptors (Lipinski definition) is 1. The lowest BCUT2D eigenvalue weighted by Crippen LogP contribution is -1.91. The zero-order valence-corrected chi connectivity index (χ0v) is 11.3. The molecule has 2 aromatic rings. The molecule has 2 fully saturated rings. The molecule has 0 bridgehead atoms. The second-order valence-corrected chi connectivity index (χ2v) is 6.24. The van der Waals surface area contributed by atoms with Gasteiger partial charge in [-0.3, -0.25) is 0 Å². The van der Waals surface area contributed by atoms with Gasteiger partial charge in [-0.2, -0.15) is 0 Å². The van der Waals surface area contributed by atoms with E-state index >= 15 is 0 Å². The Labute approximate surface area is 112 Å². The molecule has 0 aliphatic heterocycles. The van der Waals surface area contributed by atoms with E-state index in [1.54, 1.807) is 0 Å². The van der Waals surface area contributed by atoms with Gasteiger partial charge in [0, 0.05) is 10.9 Å².